The lowest BCUT2D eigenvalue weighted by Gasteiger charge is -2.11. The number of esters is 1. The maximum atomic E-state index is 12.1. The van der Waals surface area contributed by atoms with Crippen molar-refractivity contribution in [2.75, 3.05) is 11.9 Å². The summed E-state index contributed by atoms with van der Waals surface area (Å²) in [7, 11) is 0. The first-order chi connectivity index (χ1) is 12.4. The third-order valence-electron chi connectivity index (χ3n) is 3.30. The summed E-state index contributed by atoms with van der Waals surface area (Å²) in [5.41, 5.74) is 1.57. The Morgan fingerprint density at radius 1 is 1.12 bits per heavy atom. The van der Waals surface area contributed by atoms with E-state index in [-0.39, 0.29) is 24.1 Å². The first-order valence-corrected chi connectivity index (χ1v) is 8.84. The maximum absolute atomic E-state index is 12.1. The van der Waals surface area contributed by atoms with Gasteiger partial charge in [-0.25, -0.2) is 0 Å². The number of nitrogens with zero attached hydrogens (tertiary/aromatic N) is 2. The van der Waals surface area contributed by atoms with Crippen molar-refractivity contribution in [2.45, 2.75) is 31.0 Å². The number of aryl methyl sites for hydroxylation is 1. The van der Waals surface area contributed by atoms with Crippen molar-refractivity contribution in [3.05, 3.63) is 47.5 Å². The molecule has 1 heterocycles. The Labute approximate surface area is 155 Å². The van der Waals surface area contributed by atoms with Crippen LogP contribution in [-0.4, -0.2) is 39.7 Å². The fourth-order valence-corrected chi connectivity index (χ4v) is 2.79. The number of rotatable bonds is 7. The van der Waals surface area contributed by atoms with E-state index in [1.54, 1.807) is 31.2 Å². The lowest BCUT2D eigenvalue weighted by Crippen LogP contribution is -2.27. The van der Waals surface area contributed by atoms with Gasteiger partial charge in [-0.15, -0.1) is 10.2 Å². The number of hydrogen-bond donors (Lipinski definition) is 1. The van der Waals surface area contributed by atoms with Gasteiger partial charge in [-0.05, 0) is 45.0 Å². The number of benzene rings is 1. The number of carbonyl (C=O) groups is 3. The Bertz CT molecular complexity index is 791. The van der Waals surface area contributed by atoms with E-state index >= 15 is 0 Å². The molecule has 0 aliphatic rings. The zero-order valence-electron chi connectivity index (χ0n) is 14.7. The fourth-order valence-electron chi connectivity index (χ4n) is 1.98. The molecule has 7 nitrogen and oxygen atoms in total. The van der Waals surface area contributed by atoms with Crippen molar-refractivity contribution in [2.24, 2.45) is 0 Å². The summed E-state index contributed by atoms with van der Waals surface area (Å²) in [5.74, 6) is -0.959. The van der Waals surface area contributed by atoms with Gasteiger partial charge in [0, 0.05) is 5.56 Å². The Morgan fingerprint density at radius 3 is 2.35 bits per heavy atom. The molecule has 0 saturated heterocycles. The van der Waals surface area contributed by atoms with E-state index in [0.717, 1.165) is 17.3 Å². The van der Waals surface area contributed by atoms with Crippen molar-refractivity contribution < 1.29 is 19.1 Å². The van der Waals surface area contributed by atoms with Gasteiger partial charge in [0.15, 0.2) is 16.9 Å². The standard InChI is InChI=1S/C18H19N3O4S/c1-4-25-18(24)16(12(3)22)26-15-10-9-14(20-21-15)19-17(23)13-7-5-11(2)6-8-13/h5-10,16H,4H2,1-3H3,(H,19,20,23). The van der Waals surface area contributed by atoms with Crippen LogP contribution in [0.3, 0.4) is 0 Å². The summed E-state index contributed by atoms with van der Waals surface area (Å²) in [6, 6.07) is 10.3. The molecule has 0 fully saturated rings. The number of amides is 1. The molecule has 1 atom stereocenters. The number of nitrogens with one attached hydrogen (secondary N) is 1. The Morgan fingerprint density at radius 2 is 1.81 bits per heavy atom. The van der Waals surface area contributed by atoms with Crippen molar-refractivity contribution >= 4 is 35.2 Å². The fraction of sp³-hybridized carbons (Fsp3) is 0.278. The molecule has 1 N–H and O–H groups in total. The number of ketones is 1. The van der Waals surface area contributed by atoms with Gasteiger partial charge in [0.25, 0.3) is 5.91 Å². The van der Waals surface area contributed by atoms with Crippen LogP contribution >= 0.6 is 11.8 Å². The normalized spacial score (nSPS) is 11.5. The van der Waals surface area contributed by atoms with Crippen LogP contribution < -0.4 is 5.32 Å². The second-order valence-electron chi connectivity index (χ2n) is 5.44. The summed E-state index contributed by atoms with van der Waals surface area (Å²) in [5, 5.41) is 9.89. The Kier molecular flexibility index (Phi) is 6.85. The van der Waals surface area contributed by atoms with Gasteiger partial charge >= 0.3 is 5.97 Å². The number of aromatic nitrogens is 2. The maximum Gasteiger partial charge on any atom is 0.327 e. The summed E-state index contributed by atoms with van der Waals surface area (Å²) in [6.07, 6.45) is 0. The quantitative estimate of drug-likeness (QED) is 0.452. The average molecular weight is 373 g/mol. The smallest absolute Gasteiger partial charge is 0.327 e. The monoisotopic (exact) mass is 373 g/mol. The number of thioether (sulfide) groups is 1. The van der Waals surface area contributed by atoms with Gasteiger partial charge in [-0.1, -0.05) is 29.5 Å². The molecular formula is C18H19N3O4S. The molecule has 2 rings (SSSR count). The highest BCUT2D eigenvalue weighted by atomic mass is 32.2. The van der Waals surface area contributed by atoms with Crippen molar-refractivity contribution in [3.63, 3.8) is 0 Å². The molecule has 26 heavy (non-hydrogen) atoms. The predicted molar refractivity (Wildman–Crippen MR) is 98.1 cm³/mol. The predicted octanol–water partition coefficient (Wildman–Crippen LogP) is 2.65. The van der Waals surface area contributed by atoms with Crippen LogP contribution in [0.1, 0.15) is 29.8 Å². The first kappa shape index (κ1) is 19.6. The highest BCUT2D eigenvalue weighted by molar-refractivity contribution is 8.01. The van der Waals surface area contributed by atoms with Gasteiger partial charge in [0.05, 0.1) is 6.61 Å². The van der Waals surface area contributed by atoms with Crippen molar-refractivity contribution in [1.29, 1.82) is 0 Å². The van der Waals surface area contributed by atoms with Crippen LogP contribution in [0.15, 0.2) is 41.4 Å². The molecular weight excluding hydrogens is 354 g/mol. The molecule has 1 amide bonds. The van der Waals surface area contributed by atoms with Crippen LogP contribution in [0.25, 0.3) is 0 Å². The largest absolute Gasteiger partial charge is 0.465 e. The first-order valence-electron chi connectivity index (χ1n) is 7.96. The second kappa shape index (κ2) is 9.10. The Balaban J connectivity index is 2.03. The van der Waals surface area contributed by atoms with Crippen molar-refractivity contribution in [3.8, 4) is 0 Å². The van der Waals surface area contributed by atoms with Crippen LogP contribution in [0.5, 0.6) is 0 Å². The lowest BCUT2D eigenvalue weighted by atomic mass is 10.1. The molecule has 0 saturated carbocycles. The third-order valence-corrected chi connectivity index (χ3v) is 4.52. The molecule has 8 heteroatoms. The van der Waals surface area contributed by atoms with Gasteiger partial charge in [-0.3, -0.25) is 14.4 Å². The van der Waals surface area contributed by atoms with Crippen LogP contribution in [-0.2, 0) is 14.3 Å². The van der Waals surface area contributed by atoms with Crippen molar-refractivity contribution in [1.82, 2.24) is 10.2 Å². The summed E-state index contributed by atoms with van der Waals surface area (Å²) in [4.78, 5) is 35.6. The highest BCUT2D eigenvalue weighted by Crippen LogP contribution is 2.23. The summed E-state index contributed by atoms with van der Waals surface area (Å²) < 4.78 is 4.89. The number of hydrogen-bond acceptors (Lipinski definition) is 7. The topological polar surface area (TPSA) is 98.2 Å². The molecule has 1 aromatic heterocycles. The van der Waals surface area contributed by atoms with E-state index in [2.05, 4.69) is 15.5 Å². The average Bonchev–Trinajstić information content (AvgIpc) is 2.61. The molecule has 0 aliphatic heterocycles. The molecule has 2 aromatic rings. The van der Waals surface area contributed by atoms with E-state index in [9.17, 15) is 14.4 Å². The van der Waals surface area contributed by atoms with Crippen LogP contribution in [0, 0.1) is 6.92 Å². The molecule has 0 aliphatic carbocycles. The molecule has 1 aromatic carbocycles. The highest BCUT2D eigenvalue weighted by Gasteiger charge is 2.26. The minimum atomic E-state index is -0.989. The van der Waals surface area contributed by atoms with E-state index in [0.29, 0.717) is 10.6 Å². The van der Waals surface area contributed by atoms with E-state index < -0.39 is 11.2 Å². The summed E-state index contributed by atoms with van der Waals surface area (Å²) >= 11 is 0.960. The second-order valence-corrected chi connectivity index (χ2v) is 6.56. The zero-order valence-corrected chi connectivity index (χ0v) is 15.5. The van der Waals surface area contributed by atoms with E-state index in [1.807, 2.05) is 19.1 Å². The number of carbonyl (C=O) groups excluding carboxylic acids is 3. The van der Waals surface area contributed by atoms with E-state index in [1.165, 1.54) is 6.92 Å². The molecule has 0 bridgehead atoms. The van der Waals surface area contributed by atoms with Crippen LogP contribution in [0.4, 0.5) is 5.82 Å². The van der Waals surface area contributed by atoms with Crippen LogP contribution in [0.2, 0.25) is 0 Å². The van der Waals surface area contributed by atoms with Gasteiger partial charge in [-0.2, -0.15) is 0 Å². The number of anilines is 1. The lowest BCUT2D eigenvalue weighted by molar-refractivity contribution is -0.144. The van der Waals surface area contributed by atoms with Gasteiger partial charge < -0.3 is 10.1 Å². The number of ether oxygens (including phenoxy) is 1. The molecule has 1 unspecified atom stereocenters. The molecule has 0 radical (unpaired) electrons. The SMILES string of the molecule is CCOC(=O)C(Sc1ccc(NC(=O)c2ccc(C)cc2)nn1)C(C)=O. The zero-order chi connectivity index (χ0) is 19.1. The molecule has 0 spiro atoms. The molecule has 136 valence electrons. The Hall–Kier alpha value is -2.74. The van der Waals surface area contributed by atoms with E-state index in [4.69, 9.17) is 4.74 Å². The van der Waals surface area contributed by atoms with Gasteiger partial charge in [0.2, 0.25) is 0 Å². The minimum Gasteiger partial charge on any atom is -0.465 e. The number of Topliss-reactive ketones (excluding diaryl/α,β-unsaturated/α-hetero) is 1. The van der Waals surface area contributed by atoms with Gasteiger partial charge in [0.1, 0.15) is 5.03 Å². The third kappa shape index (κ3) is 5.38. The minimum absolute atomic E-state index is 0.193. The summed E-state index contributed by atoms with van der Waals surface area (Å²) in [6.45, 7) is 5.12.